The number of fused-ring (bicyclic) bond motifs is 1. The Bertz CT molecular complexity index is 571. The molecule has 1 N–H and O–H groups in total. The highest BCUT2D eigenvalue weighted by atomic mass is 79.9. The van der Waals surface area contributed by atoms with Crippen LogP contribution in [-0.2, 0) is 0 Å². The molecular weight excluding hydrogens is 314 g/mol. The maximum atomic E-state index is 11.9. The van der Waals surface area contributed by atoms with Gasteiger partial charge in [0.05, 0.1) is 0 Å². The van der Waals surface area contributed by atoms with Crippen molar-refractivity contribution >= 4 is 44.2 Å². The molecule has 0 aliphatic rings. The summed E-state index contributed by atoms with van der Waals surface area (Å²) in [4.78, 5) is 11.9. The van der Waals surface area contributed by atoms with E-state index in [1.165, 1.54) is 0 Å². The van der Waals surface area contributed by atoms with Crippen LogP contribution in [0.1, 0.15) is 16.8 Å². The van der Waals surface area contributed by atoms with Gasteiger partial charge in [-0.3, -0.25) is 4.79 Å². The molecule has 0 aliphatic carbocycles. The Morgan fingerprint density at radius 1 is 1.17 bits per heavy atom. The molecule has 2 rings (SSSR count). The smallest absolute Gasteiger partial charge is 0.251 e. The molecule has 0 saturated carbocycles. The van der Waals surface area contributed by atoms with Crippen LogP contribution in [0.15, 0.2) is 40.9 Å². The Labute approximate surface area is 119 Å². The first kappa shape index (κ1) is 13.4. The number of halogens is 2. The van der Waals surface area contributed by atoms with Crippen molar-refractivity contribution in [1.29, 1.82) is 0 Å². The minimum Gasteiger partial charge on any atom is -0.352 e. The first-order chi connectivity index (χ1) is 8.70. The highest BCUT2D eigenvalue weighted by Crippen LogP contribution is 2.20. The van der Waals surface area contributed by atoms with E-state index in [1.54, 1.807) is 0 Å². The third-order valence-corrected chi connectivity index (χ3v) is 3.42. The van der Waals surface area contributed by atoms with Crippen LogP contribution in [0.5, 0.6) is 0 Å². The summed E-state index contributed by atoms with van der Waals surface area (Å²) in [6.45, 7) is 0.612. The van der Waals surface area contributed by atoms with Crippen LogP contribution < -0.4 is 5.32 Å². The minimum absolute atomic E-state index is 0.0510. The van der Waals surface area contributed by atoms with Crippen molar-refractivity contribution in [1.82, 2.24) is 5.32 Å². The van der Waals surface area contributed by atoms with Crippen LogP contribution in [0.3, 0.4) is 0 Å². The fraction of sp³-hybridized carbons (Fsp3) is 0.214. The lowest BCUT2D eigenvalue weighted by molar-refractivity contribution is 0.0954. The van der Waals surface area contributed by atoms with Gasteiger partial charge in [-0.05, 0) is 41.5 Å². The van der Waals surface area contributed by atoms with E-state index in [0.717, 1.165) is 21.7 Å². The first-order valence-corrected chi connectivity index (χ1v) is 7.07. The topological polar surface area (TPSA) is 29.1 Å². The summed E-state index contributed by atoms with van der Waals surface area (Å²) >= 11 is 9.00. The molecule has 0 bridgehead atoms. The number of nitrogens with one attached hydrogen (secondary N) is 1. The predicted molar refractivity (Wildman–Crippen MR) is 79.3 cm³/mol. The molecule has 0 fully saturated rings. The maximum Gasteiger partial charge on any atom is 0.251 e. The summed E-state index contributed by atoms with van der Waals surface area (Å²) in [5, 5.41) is 5.01. The van der Waals surface area contributed by atoms with Gasteiger partial charge in [-0.1, -0.05) is 28.1 Å². The molecule has 0 spiro atoms. The van der Waals surface area contributed by atoms with Gasteiger partial charge in [0.15, 0.2) is 0 Å². The van der Waals surface area contributed by atoms with Crippen molar-refractivity contribution in [3.8, 4) is 0 Å². The predicted octanol–water partition coefficient (Wildman–Crippen LogP) is 3.96. The zero-order chi connectivity index (χ0) is 13.0. The number of benzene rings is 2. The van der Waals surface area contributed by atoms with E-state index in [9.17, 15) is 4.79 Å². The number of carbonyl (C=O) groups excluding carboxylic acids is 1. The second-order valence-electron chi connectivity index (χ2n) is 4.00. The number of rotatable bonds is 4. The van der Waals surface area contributed by atoms with Gasteiger partial charge in [0.1, 0.15) is 0 Å². The third-order valence-electron chi connectivity index (χ3n) is 2.66. The molecule has 94 valence electrons. The lowest BCUT2D eigenvalue weighted by Crippen LogP contribution is -2.24. The minimum atomic E-state index is -0.0510. The molecule has 0 aliphatic heterocycles. The highest BCUT2D eigenvalue weighted by Gasteiger charge is 2.05. The highest BCUT2D eigenvalue weighted by molar-refractivity contribution is 9.10. The Hall–Kier alpha value is -1.06. The molecule has 2 aromatic carbocycles. The molecule has 1 amide bonds. The van der Waals surface area contributed by atoms with Crippen LogP contribution in [0.2, 0.25) is 0 Å². The third kappa shape index (κ3) is 3.24. The van der Waals surface area contributed by atoms with E-state index in [2.05, 4.69) is 21.2 Å². The summed E-state index contributed by atoms with van der Waals surface area (Å²) in [6.07, 6.45) is 0.786. The van der Waals surface area contributed by atoms with Gasteiger partial charge >= 0.3 is 0 Å². The number of hydrogen-bond acceptors (Lipinski definition) is 1. The van der Waals surface area contributed by atoms with Crippen molar-refractivity contribution in [2.75, 3.05) is 12.4 Å². The molecule has 18 heavy (non-hydrogen) atoms. The van der Waals surface area contributed by atoms with E-state index in [1.807, 2.05) is 36.4 Å². The Kier molecular flexibility index (Phi) is 4.61. The fourth-order valence-corrected chi connectivity index (χ4v) is 2.24. The largest absolute Gasteiger partial charge is 0.352 e. The zero-order valence-electron chi connectivity index (χ0n) is 9.75. The summed E-state index contributed by atoms with van der Waals surface area (Å²) in [7, 11) is 0. The molecule has 4 heteroatoms. The number of hydrogen-bond donors (Lipinski definition) is 1. The lowest BCUT2D eigenvalue weighted by atomic mass is 10.1. The molecular formula is C14H13BrClNO. The lowest BCUT2D eigenvalue weighted by Gasteiger charge is -2.05. The molecule has 0 atom stereocenters. The number of carbonyl (C=O) groups is 1. The normalized spacial score (nSPS) is 10.6. The monoisotopic (exact) mass is 325 g/mol. The van der Waals surface area contributed by atoms with E-state index in [0.29, 0.717) is 18.0 Å². The van der Waals surface area contributed by atoms with Crippen LogP contribution in [0.4, 0.5) is 0 Å². The van der Waals surface area contributed by atoms with Gasteiger partial charge in [-0.25, -0.2) is 0 Å². The van der Waals surface area contributed by atoms with Gasteiger partial charge < -0.3 is 5.32 Å². The van der Waals surface area contributed by atoms with Gasteiger partial charge in [-0.2, -0.15) is 0 Å². The van der Waals surface area contributed by atoms with Crippen molar-refractivity contribution in [3.05, 3.63) is 46.4 Å². The average Bonchev–Trinajstić information content (AvgIpc) is 2.38. The van der Waals surface area contributed by atoms with Crippen molar-refractivity contribution in [2.45, 2.75) is 6.42 Å². The fourth-order valence-electron chi connectivity index (χ4n) is 1.73. The summed E-state index contributed by atoms with van der Waals surface area (Å²) in [6, 6.07) is 11.7. The molecule has 0 aromatic heterocycles. The van der Waals surface area contributed by atoms with Crippen molar-refractivity contribution < 1.29 is 4.79 Å². The Balaban J connectivity index is 2.19. The molecule has 2 nitrogen and oxygen atoms in total. The van der Waals surface area contributed by atoms with Crippen LogP contribution in [0.25, 0.3) is 10.8 Å². The Morgan fingerprint density at radius 2 is 1.89 bits per heavy atom. The SMILES string of the molecule is O=C(NCCCCl)c1ccc2cc(Br)ccc2c1. The van der Waals surface area contributed by atoms with Gasteiger partial charge in [0, 0.05) is 22.5 Å². The second kappa shape index (κ2) is 6.21. The number of amides is 1. The summed E-state index contributed by atoms with van der Waals surface area (Å²) in [5.74, 6) is 0.511. The van der Waals surface area contributed by atoms with Gasteiger partial charge in [0.2, 0.25) is 0 Å². The van der Waals surface area contributed by atoms with Gasteiger partial charge in [0.25, 0.3) is 5.91 Å². The summed E-state index contributed by atoms with van der Waals surface area (Å²) in [5.41, 5.74) is 0.680. The Morgan fingerprint density at radius 3 is 2.67 bits per heavy atom. The zero-order valence-corrected chi connectivity index (χ0v) is 12.1. The molecule has 0 heterocycles. The van der Waals surface area contributed by atoms with Crippen LogP contribution >= 0.6 is 27.5 Å². The van der Waals surface area contributed by atoms with E-state index < -0.39 is 0 Å². The van der Waals surface area contributed by atoms with E-state index in [4.69, 9.17) is 11.6 Å². The van der Waals surface area contributed by atoms with E-state index in [-0.39, 0.29) is 5.91 Å². The average molecular weight is 327 g/mol. The number of alkyl halides is 1. The molecule has 2 aromatic rings. The second-order valence-corrected chi connectivity index (χ2v) is 5.30. The standard InChI is InChI=1S/C14H13BrClNO/c15-13-5-4-10-8-12(3-2-11(10)9-13)14(18)17-7-1-6-16/h2-5,8-9H,1,6-7H2,(H,17,18). The quantitative estimate of drug-likeness (QED) is 0.669. The molecule has 0 radical (unpaired) electrons. The van der Waals surface area contributed by atoms with E-state index >= 15 is 0 Å². The molecule has 0 saturated heterocycles. The summed E-state index contributed by atoms with van der Waals surface area (Å²) < 4.78 is 1.04. The van der Waals surface area contributed by atoms with Crippen LogP contribution in [0, 0.1) is 0 Å². The molecule has 0 unspecified atom stereocenters. The van der Waals surface area contributed by atoms with Crippen molar-refractivity contribution in [3.63, 3.8) is 0 Å². The van der Waals surface area contributed by atoms with Crippen molar-refractivity contribution in [2.24, 2.45) is 0 Å². The van der Waals surface area contributed by atoms with Gasteiger partial charge in [-0.15, -0.1) is 11.6 Å². The maximum absolute atomic E-state index is 11.9. The van der Waals surface area contributed by atoms with Crippen LogP contribution in [-0.4, -0.2) is 18.3 Å². The first-order valence-electron chi connectivity index (χ1n) is 5.74.